The van der Waals surface area contributed by atoms with Crippen molar-refractivity contribution >= 4 is 44.4 Å². The van der Waals surface area contributed by atoms with Crippen LogP contribution in [0.15, 0.2) is 36.7 Å². The lowest BCUT2D eigenvalue weighted by Crippen LogP contribution is -2.13. The lowest BCUT2D eigenvalue weighted by molar-refractivity contribution is -0.137. The SMILES string of the molecule is N#CC1(c2ccc3c(I)n(-c4cc5cnn(CCC(F)(F)F)c5cn4)nc3c2)CC1. The highest BCUT2D eigenvalue weighted by atomic mass is 127. The van der Waals surface area contributed by atoms with E-state index in [-0.39, 0.29) is 12.0 Å². The summed E-state index contributed by atoms with van der Waals surface area (Å²) in [7, 11) is 0. The van der Waals surface area contributed by atoms with Gasteiger partial charge in [0.05, 0.1) is 47.9 Å². The molecule has 0 spiro atoms. The Morgan fingerprint density at radius 1 is 1.20 bits per heavy atom. The van der Waals surface area contributed by atoms with Gasteiger partial charge in [0.15, 0.2) is 5.82 Å². The number of pyridine rings is 1. The van der Waals surface area contributed by atoms with E-state index in [1.54, 1.807) is 10.7 Å². The van der Waals surface area contributed by atoms with E-state index in [9.17, 15) is 18.4 Å². The van der Waals surface area contributed by atoms with Gasteiger partial charge in [-0.25, -0.2) is 9.67 Å². The van der Waals surface area contributed by atoms with Crippen molar-refractivity contribution in [2.75, 3.05) is 0 Å². The van der Waals surface area contributed by atoms with Gasteiger partial charge in [-0.15, -0.1) is 0 Å². The Hall–Kier alpha value is -2.68. The van der Waals surface area contributed by atoms with Gasteiger partial charge < -0.3 is 0 Å². The van der Waals surface area contributed by atoms with E-state index >= 15 is 0 Å². The number of nitriles is 1. The third kappa shape index (κ3) is 3.21. The van der Waals surface area contributed by atoms with Crippen LogP contribution in [-0.2, 0) is 12.0 Å². The van der Waals surface area contributed by atoms with Crippen molar-refractivity contribution < 1.29 is 13.2 Å². The molecule has 1 saturated carbocycles. The second-order valence-corrected chi connectivity index (χ2v) is 8.48. The first-order valence-electron chi connectivity index (χ1n) is 9.28. The standard InChI is InChI=1S/C20H14F3IN6/c21-20(22,23)5-6-29-16-10-26-17(7-12(16)9-27-29)30-18(24)14-2-1-13(8-15(14)28-30)19(11-25)3-4-19/h1-2,7-10H,3-6H2. The number of aromatic nitrogens is 5. The number of alkyl halides is 3. The van der Waals surface area contributed by atoms with Gasteiger partial charge in [0.1, 0.15) is 3.70 Å². The number of halogens is 4. The summed E-state index contributed by atoms with van der Waals surface area (Å²) < 4.78 is 41.4. The van der Waals surface area contributed by atoms with Gasteiger partial charge in [-0.1, -0.05) is 6.07 Å². The summed E-state index contributed by atoms with van der Waals surface area (Å²) in [5.41, 5.74) is 1.92. The zero-order chi connectivity index (χ0) is 21.1. The second kappa shape index (κ2) is 6.66. The molecule has 5 rings (SSSR count). The van der Waals surface area contributed by atoms with Crippen molar-refractivity contribution in [3.8, 4) is 11.9 Å². The topological polar surface area (TPSA) is 72.3 Å². The maximum Gasteiger partial charge on any atom is 0.390 e. The predicted molar refractivity (Wildman–Crippen MR) is 112 cm³/mol. The molecular formula is C20H14F3IN6. The molecule has 3 heterocycles. The van der Waals surface area contributed by atoms with Crippen LogP contribution in [-0.4, -0.2) is 30.7 Å². The highest BCUT2D eigenvalue weighted by molar-refractivity contribution is 14.1. The normalized spacial score (nSPS) is 15.6. The molecule has 1 aliphatic carbocycles. The molecule has 0 bridgehead atoms. The van der Waals surface area contributed by atoms with E-state index in [0.717, 1.165) is 33.0 Å². The first-order valence-corrected chi connectivity index (χ1v) is 10.4. The number of benzene rings is 1. The molecule has 3 aromatic heterocycles. The summed E-state index contributed by atoms with van der Waals surface area (Å²) in [6, 6.07) is 10.1. The summed E-state index contributed by atoms with van der Waals surface area (Å²) in [6.45, 7) is -0.249. The van der Waals surface area contributed by atoms with Crippen LogP contribution in [0.5, 0.6) is 0 Å². The van der Waals surface area contributed by atoms with Crippen LogP contribution in [0.2, 0.25) is 0 Å². The maximum atomic E-state index is 12.5. The third-order valence-corrected chi connectivity index (χ3v) is 6.51. The summed E-state index contributed by atoms with van der Waals surface area (Å²) in [5.74, 6) is 0.557. The van der Waals surface area contributed by atoms with Crippen molar-refractivity contribution in [2.24, 2.45) is 0 Å². The average Bonchev–Trinajstić information content (AvgIpc) is 3.32. The van der Waals surface area contributed by atoms with Crippen molar-refractivity contribution in [1.82, 2.24) is 24.5 Å². The monoisotopic (exact) mass is 522 g/mol. The van der Waals surface area contributed by atoms with Gasteiger partial charge in [-0.05, 0) is 59.2 Å². The van der Waals surface area contributed by atoms with Crippen molar-refractivity contribution in [3.63, 3.8) is 0 Å². The van der Waals surface area contributed by atoms with Crippen molar-refractivity contribution in [2.45, 2.75) is 37.4 Å². The van der Waals surface area contributed by atoms with Crippen LogP contribution in [0, 0.1) is 15.0 Å². The number of hydrogen-bond acceptors (Lipinski definition) is 4. The fourth-order valence-corrected chi connectivity index (χ4v) is 4.40. The van der Waals surface area contributed by atoms with Crippen LogP contribution in [0.3, 0.4) is 0 Å². The quantitative estimate of drug-likeness (QED) is 0.359. The Labute approximate surface area is 182 Å². The Kier molecular flexibility index (Phi) is 4.29. The molecular weight excluding hydrogens is 508 g/mol. The average molecular weight is 522 g/mol. The maximum absolute atomic E-state index is 12.5. The molecule has 0 amide bonds. The Morgan fingerprint density at radius 2 is 2.00 bits per heavy atom. The molecule has 0 saturated heterocycles. The van der Waals surface area contributed by atoms with E-state index in [1.165, 1.54) is 17.1 Å². The lowest BCUT2D eigenvalue weighted by atomic mass is 9.97. The first kappa shape index (κ1) is 19.3. The largest absolute Gasteiger partial charge is 0.390 e. The minimum absolute atomic E-state index is 0.249. The van der Waals surface area contributed by atoms with Crippen molar-refractivity contribution in [1.29, 1.82) is 5.26 Å². The van der Waals surface area contributed by atoms with E-state index in [1.807, 2.05) is 18.2 Å². The smallest absolute Gasteiger partial charge is 0.263 e. The number of rotatable bonds is 4. The molecule has 0 unspecified atom stereocenters. The molecule has 6 nitrogen and oxygen atoms in total. The summed E-state index contributed by atoms with van der Waals surface area (Å²) in [4.78, 5) is 4.41. The molecule has 1 fully saturated rings. The van der Waals surface area contributed by atoms with Crippen LogP contribution < -0.4 is 0 Å². The molecule has 0 aliphatic heterocycles. The molecule has 30 heavy (non-hydrogen) atoms. The molecule has 0 atom stereocenters. The van der Waals surface area contributed by atoms with Crippen LogP contribution >= 0.6 is 22.6 Å². The van der Waals surface area contributed by atoms with Crippen LogP contribution in [0.4, 0.5) is 13.2 Å². The van der Waals surface area contributed by atoms with Gasteiger partial charge in [0, 0.05) is 10.8 Å². The molecule has 4 aromatic rings. The molecule has 1 aromatic carbocycles. The van der Waals surface area contributed by atoms with Gasteiger partial charge in [0.2, 0.25) is 0 Å². The predicted octanol–water partition coefficient (Wildman–Crippen LogP) is 4.88. The molecule has 1 aliphatic rings. The van der Waals surface area contributed by atoms with Gasteiger partial charge >= 0.3 is 6.18 Å². The second-order valence-electron chi connectivity index (χ2n) is 7.46. The highest BCUT2D eigenvalue weighted by Crippen LogP contribution is 2.48. The Bertz CT molecular complexity index is 1330. The fourth-order valence-electron chi connectivity index (χ4n) is 3.59. The zero-order valence-electron chi connectivity index (χ0n) is 15.5. The molecule has 0 N–H and O–H groups in total. The van der Waals surface area contributed by atoms with E-state index in [2.05, 4.69) is 43.8 Å². The highest BCUT2D eigenvalue weighted by Gasteiger charge is 2.45. The summed E-state index contributed by atoms with van der Waals surface area (Å²) in [5, 5.41) is 19.8. The number of hydrogen-bond donors (Lipinski definition) is 0. The summed E-state index contributed by atoms with van der Waals surface area (Å²) in [6.07, 6.45) is -0.390. The van der Waals surface area contributed by atoms with Crippen LogP contribution in [0.1, 0.15) is 24.8 Å². The van der Waals surface area contributed by atoms with Gasteiger partial charge in [-0.2, -0.15) is 28.6 Å². The van der Waals surface area contributed by atoms with Gasteiger partial charge in [-0.3, -0.25) is 4.68 Å². The third-order valence-electron chi connectivity index (χ3n) is 5.47. The van der Waals surface area contributed by atoms with Crippen LogP contribution in [0.25, 0.3) is 27.6 Å². The number of aryl methyl sites for hydroxylation is 1. The lowest BCUT2D eigenvalue weighted by Gasteiger charge is -2.07. The van der Waals surface area contributed by atoms with E-state index < -0.39 is 12.6 Å². The Morgan fingerprint density at radius 3 is 2.70 bits per heavy atom. The first-order chi connectivity index (χ1) is 14.3. The number of nitrogens with zero attached hydrogens (tertiary/aromatic N) is 6. The molecule has 152 valence electrons. The molecule has 10 heteroatoms. The Balaban J connectivity index is 1.52. The number of fused-ring (bicyclic) bond motifs is 2. The fraction of sp³-hybridized carbons (Fsp3) is 0.300. The minimum atomic E-state index is -4.24. The van der Waals surface area contributed by atoms with Crippen molar-refractivity contribution in [3.05, 3.63) is 45.9 Å². The zero-order valence-corrected chi connectivity index (χ0v) is 17.6. The molecule has 0 radical (unpaired) electrons. The van der Waals surface area contributed by atoms with E-state index in [0.29, 0.717) is 16.7 Å². The van der Waals surface area contributed by atoms with Gasteiger partial charge in [0.25, 0.3) is 0 Å². The summed E-state index contributed by atoms with van der Waals surface area (Å²) >= 11 is 2.20. The minimum Gasteiger partial charge on any atom is -0.263 e. The van der Waals surface area contributed by atoms with E-state index in [4.69, 9.17) is 0 Å².